The molecule has 3 heteroatoms. The van der Waals surface area contributed by atoms with Gasteiger partial charge in [0.15, 0.2) is 0 Å². The van der Waals surface area contributed by atoms with Crippen LogP contribution in [0.15, 0.2) is 5.51 Å². The Morgan fingerprint density at radius 3 is 2.50 bits per heavy atom. The van der Waals surface area contributed by atoms with Crippen LogP contribution in [0, 0.1) is 12.8 Å². The van der Waals surface area contributed by atoms with Crippen LogP contribution < -0.4 is 5.32 Å². The van der Waals surface area contributed by atoms with Gasteiger partial charge in [-0.05, 0) is 32.7 Å². The van der Waals surface area contributed by atoms with Gasteiger partial charge in [0.1, 0.15) is 0 Å². The average molecular weight is 238 g/mol. The van der Waals surface area contributed by atoms with Crippen LogP contribution in [0.4, 0.5) is 0 Å². The van der Waals surface area contributed by atoms with Gasteiger partial charge in [0.05, 0.1) is 11.2 Å². The van der Waals surface area contributed by atoms with Crippen LogP contribution in [-0.2, 0) is 0 Å². The van der Waals surface area contributed by atoms with Gasteiger partial charge >= 0.3 is 0 Å². The van der Waals surface area contributed by atoms with Crippen molar-refractivity contribution in [1.29, 1.82) is 0 Å². The molecule has 1 unspecified atom stereocenters. The monoisotopic (exact) mass is 238 g/mol. The topological polar surface area (TPSA) is 24.9 Å². The van der Waals surface area contributed by atoms with Crippen LogP contribution in [0.2, 0.25) is 0 Å². The highest BCUT2D eigenvalue weighted by atomic mass is 32.1. The van der Waals surface area contributed by atoms with Gasteiger partial charge in [-0.25, -0.2) is 4.98 Å². The van der Waals surface area contributed by atoms with Gasteiger partial charge in [-0.2, -0.15) is 0 Å². The number of rotatable bonds is 3. The second-order valence-corrected chi connectivity index (χ2v) is 5.71. The Hall–Kier alpha value is -0.410. The second kappa shape index (κ2) is 5.78. The fraction of sp³-hybridized carbons (Fsp3) is 0.769. The standard InChI is InChI=1S/C13H22N2S/c1-10-13(16-9-15-10)12(14-2)11-7-5-3-4-6-8-11/h9,11-12,14H,3-8H2,1-2H3. The highest BCUT2D eigenvalue weighted by molar-refractivity contribution is 7.09. The molecule has 0 amide bonds. The predicted octanol–water partition coefficient (Wildman–Crippen LogP) is 3.68. The van der Waals surface area contributed by atoms with Crippen molar-refractivity contribution in [2.24, 2.45) is 5.92 Å². The number of aryl methyl sites for hydroxylation is 1. The number of nitrogens with zero attached hydrogens (tertiary/aromatic N) is 1. The molecule has 1 atom stereocenters. The molecule has 1 aliphatic carbocycles. The highest BCUT2D eigenvalue weighted by Crippen LogP contribution is 2.35. The van der Waals surface area contributed by atoms with Gasteiger partial charge < -0.3 is 5.32 Å². The molecule has 0 aliphatic heterocycles. The molecular formula is C13H22N2S. The van der Waals surface area contributed by atoms with Crippen molar-refractivity contribution in [2.75, 3.05) is 7.05 Å². The lowest BCUT2D eigenvalue weighted by atomic mass is 9.90. The molecule has 0 radical (unpaired) electrons. The van der Waals surface area contributed by atoms with E-state index in [1.165, 1.54) is 49.1 Å². The first-order valence-electron chi connectivity index (χ1n) is 6.40. The Bertz CT molecular complexity index is 313. The lowest BCUT2D eigenvalue weighted by Crippen LogP contribution is -2.24. The SMILES string of the molecule is CNC(c1scnc1C)C1CCCCCC1. The molecule has 1 aromatic rings. The zero-order valence-electron chi connectivity index (χ0n) is 10.3. The van der Waals surface area contributed by atoms with Crippen molar-refractivity contribution in [3.05, 3.63) is 16.1 Å². The Morgan fingerprint density at radius 1 is 1.31 bits per heavy atom. The van der Waals surface area contributed by atoms with Gasteiger partial charge in [-0.3, -0.25) is 0 Å². The highest BCUT2D eigenvalue weighted by Gasteiger charge is 2.25. The maximum absolute atomic E-state index is 4.38. The summed E-state index contributed by atoms with van der Waals surface area (Å²) in [4.78, 5) is 5.84. The maximum Gasteiger partial charge on any atom is 0.0798 e. The molecule has 1 heterocycles. The predicted molar refractivity (Wildman–Crippen MR) is 69.8 cm³/mol. The summed E-state index contributed by atoms with van der Waals surface area (Å²) in [6, 6.07) is 0.533. The van der Waals surface area contributed by atoms with Gasteiger partial charge in [0.25, 0.3) is 0 Å². The van der Waals surface area contributed by atoms with Crippen molar-refractivity contribution >= 4 is 11.3 Å². The Kier molecular flexibility index (Phi) is 4.36. The lowest BCUT2D eigenvalue weighted by molar-refractivity contribution is 0.344. The van der Waals surface area contributed by atoms with Gasteiger partial charge in [0, 0.05) is 10.9 Å². The van der Waals surface area contributed by atoms with E-state index in [1.54, 1.807) is 0 Å². The summed E-state index contributed by atoms with van der Waals surface area (Å²) in [5, 5.41) is 3.51. The van der Waals surface area contributed by atoms with E-state index >= 15 is 0 Å². The van der Waals surface area contributed by atoms with Gasteiger partial charge in [-0.15, -0.1) is 11.3 Å². The smallest absolute Gasteiger partial charge is 0.0798 e. The zero-order chi connectivity index (χ0) is 11.4. The van der Waals surface area contributed by atoms with Crippen LogP contribution in [0.1, 0.15) is 55.1 Å². The molecule has 2 nitrogen and oxygen atoms in total. The zero-order valence-corrected chi connectivity index (χ0v) is 11.1. The molecule has 0 spiro atoms. The number of nitrogens with one attached hydrogen (secondary N) is 1. The third-order valence-electron chi connectivity index (χ3n) is 3.75. The molecule has 2 rings (SSSR count). The minimum Gasteiger partial charge on any atom is -0.312 e. The van der Waals surface area contributed by atoms with E-state index in [-0.39, 0.29) is 0 Å². The number of hydrogen-bond donors (Lipinski definition) is 1. The van der Waals surface area contributed by atoms with Crippen LogP contribution in [0.3, 0.4) is 0 Å². The number of thiazole rings is 1. The molecule has 1 N–H and O–H groups in total. The first kappa shape index (κ1) is 12.1. The van der Waals surface area contributed by atoms with Crippen molar-refractivity contribution in [2.45, 2.75) is 51.5 Å². The van der Waals surface area contributed by atoms with Gasteiger partial charge in [-0.1, -0.05) is 25.7 Å². The third kappa shape index (κ3) is 2.64. The van der Waals surface area contributed by atoms with E-state index < -0.39 is 0 Å². The van der Waals surface area contributed by atoms with Crippen molar-refractivity contribution < 1.29 is 0 Å². The van der Waals surface area contributed by atoms with Crippen molar-refractivity contribution in [3.8, 4) is 0 Å². The molecule has 0 aromatic carbocycles. The van der Waals surface area contributed by atoms with Crippen LogP contribution in [-0.4, -0.2) is 12.0 Å². The Labute approximate surface area is 102 Å². The normalized spacial score (nSPS) is 20.6. The van der Waals surface area contributed by atoms with Gasteiger partial charge in [0.2, 0.25) is 0 Å². The fourth-order valence-corrected chi connectivity index (χ4v) is 3.84. The van der Waals surface area contributed by atoms with E-state index in [0.717, 1.165) is 5.92 Å². The summed E-state index contributed by atoms with van der Waals surface area (Å²) in [5.41, 5.74) is 3.19. The molecule has 0 bridgehead atoms. The number of hydrogen-bond acceptors (Lipinski definition) is 3. The van der Waals surface area contributed by atoms with Crippen LogP contribution >= 0.6 is 11.3 Å². The maximum atomic E-state index is 4.38. The van der Waals surface area contributed by atoms with E-state index in [1.807, 2.05) is 16.8 Å². The third-order valence-corrected chi connectivity index (χ3v) is 4.76. The van der Waals surface area contributed by atoms with E-state index in [4.69, 9.17) is 0 Å². The molecule has 1 aliphatic rings. The molecule has 16 heavy (non-hydrogen) atoms. The summed E-state index contributed by atoms with van der Waals surface area (Å²) in [6.45, 7) is 2.13. The minimum absolute atomic E-state index is 0.533. The quantitative estimate of drug-likeness (QED) is 0.813. The first-order chi connectivity index (χ1) is 7.83. The molecule has 1 saturated carbocycles. The number of aromatic nitrogens is 1. The summed E-state index contributed by atoms with van der Waals surface area (Å²) in [7, 11) is 2.09. The van der Waals surface area contributed by atoms with Crippen LogP contribution in [0.5, 0.6) is 0 Å². The van der Waals surface area contributed by atoms with Crippen molar-refractivity contribution in [1.82, 2.24) is 10.3 Å². The summed E-state index contributed by atoms with van der Waals surface area (Å²) in [5.74, 6) is 0.812. The second-order valence-electron chi connectivity index (χ2n) is 4.82. The minimum atomic E-state index is 0.533. The lowest BCUT2D eigenvalue weighted by Gasteiger charge is -2.25. The molecule has 1 fully saturated rings. The summed E-state index contributed by atoms with van der Waals surface area (Å²) < 4.78 is 0. The van der Waals surface area contributed by atoms with E-state index in [9.17, 15) is 0 Å². The first-order valence-corrected chi connectivity index (χ1v) is 7.28. The molecule has 1 aromatic heterocycles. The molecule has 90 valence electrons. The van der Waals surface area contributed by atoms with Crippen LogP contribution in [0.25, 0.3) is 0 Å². The molecular weight excluding hydrogens is 216 g/mol. The van der Waals surface area contributed by atoms with Crippen molar-refractivity contribution in [3.63, 3.8) is 0 Å². The Balaban J connectivity index is 2.12. The summed E-state index contributed by atoms with van der Waals surface area (Å²) in [6.07, 6.45) is 8.41. The molecule has 0 saturated heterocycles. The Morgan fingerprint density at radius 2 is 2.00 bits per heavy atom. The largest absolute Gasteiger partial charge is 0.312 e. The van der Waals surface area contributed by atoms with E-state index in [2.05, 4.69) is 24.3 Å². The average Bonchev–Trinajstić information content (AvgIpc) is 2.57. The fourth-order valence-electron chi connectivity index (χ4n) is 2.83. The summed E-state index contributed by atoms with van der Waals surface area (Å²) >= 11 is 1.81. The van der Waals surface area contributed by atoms with E-state index in [0.29, 0.717) is 6.04 Å².